The first-order valence-corrected chi connectivity index (χ1v) is 10.5. The van der Waals surface area contributed by atoms with Gasteiger partial charge in [0.15, 0.2) is 0 Å². The summed E-state index contributed by atoms with van der Waals surface area (Å²) in [5, 5.41) is 0. The summed E-state index contributed by atoms with van der Waals surface area (Å²) in [5.41, 5.74) is 1.50. The van der Waals surface area contributed by atoms with Crippen LogP contribution in [0.5, 0.6) is 5.75 Å². The van der Waals surface area contributed by atoms with Gasteiger partial charge in [-0.1, -0.05) is 6.07 Å². The first-order chi connectivity index (χ1) is 12.1. The molecular formula is C18H30N2O5S. The molecule has 0 unspecified atom stereocenters. The summed E-state index contributed by atoms with van der Waals surface area (Å²) in [6.07, 6.45) is 1.01. The lowest BCUT2D eigenvalue weighted by Gasteiger charge is -2.28. The molecule has 0 N–H and O–H groups in total. The Bertz CT molecular complexity index is 700. The van der Waals surface area contributed by atoms with E-state index in [9.17, 15) is 13.2 Å². The number of hydrogen-bond donors (Lipinski definition) is 0. The summed E-state index contributed by atoms with van der Waals surface area (Å²) in [6, 6.07) is 5.37. The molecule has 1 aromatic rings. The van der Waals surface area contributed by atoms with Gasteiger partial charge in [-0.2, -0.15) is 8.42 Å². The third kappa shape index (κ3) is 6.49. The molecule has 0 fully saturated rings. The van der Waals surface area contributed by atoms with Gasteiger partial charge in [0.1, 0.15) is 12.4 Å². The Morgan fingerprint density at radius 2 is 1.81 bits per heavy atom. The van der Waals surface area contributed by atoms with Crippen LogP contribution in [0.15, 0.2) is 18.2 Å². The summed E-state index contributed by atoms with van der Waals surface area (Å²) < 4.78 is 33.5. The highest BCUT2D eigenvalue weighted by Crippen LogP contribution is 2.28. The molecule has 8 heteroatoms. The Labute approximate surface area is 157 Å². The fourth-order valence-electron chi connectivity index (χ4n) is 2.65. The minimum absolute atomic E-state index is 0.0298. The molecule has 0 bridgehead atoms. The molecule has 0 radical (unpaired) electrons. The van der Waals surface area contributed by atoms with Gasteiger partial charge >= 0.3 is 10.1 Å². The molecule has 0 atom stereocenters. The zero-order valence-electron chi connectivity index (χ0n) is 16.5. The van der Waals surface area contributed by atoms with Crippen LogP contribution in [0, 0.1) is 0 Å². The van der Waals surface area contributed by atoms with Gasteiger partial charge in [-0.15, -0.1) is 0 Å². The van der Waals surface area contributed by atoms with E-state index < -0.39 is 10.1 Å². The SMILES string of the molecule is CCN(CC)c1ccc(CN(C(=O)COC)C(C)C)c(OS(C)(=O)=O)c1. The first kappa shape index (κ1) is 22.2. The third-order valence-electron chi connectivity index (χ3n) is 3.97. The van der Waals surface area contributed by atoms with Crippen molar-refractivity contribution in [3.63, 3.8) is 0 Å². The molecule has 0 saturated heterocycles. The standard InChI is InChI=1S/C18H30N2O5S/c1-7-19(8-2)16-10-9-15(17(11-16)25-26(6,22)23)12-20(14(3)4)18(21)13-24-5/h9-11,14H,7-8,12-13H2,1-6H3. The summed E-state index contributed by atoms with van der Waals surface area (Å²) in [7, 11) is -2.22. The topological polar surface area (TPSA) is 76.2 Å². The molecule has 0 saturated carbocycles. The molecular weight excluding hydrogens is 356 g/mol. The third-order valence-corrected chi connectivity index (χ3v) is 4.45. The highest BCUT2D eigenvalue weighted by Gasteiger charge is 2.21. The maximum atomic E-state index is 12.3. The maximum absolute atomic E-state index is 12.3. The van der Waals surface area contributed by atoms with Crippen molar-refractivity contribution in [3.05, 3.63) is 23.8 Å². The Morgan fingerprint density at radius 3 is 2.27 bits per heavy atom. The van der Waals surface area contributed by atoms with Crippen molar-refractivity contribution in [1.29, 1.82) is 0 Å². The van der Waals surface area contributed by atoms with Crippen molar-refractivity contribution in [1.82, 2.24) is 4.90 Å². The molecule has 0 aliphatic heterocycles. The summed E-state index contributed by atoms with van der Waals surface area (Å²) >= 11 is 0. The van der Waals surface area contributed by atoms with Gasteiger partial charge in [-0.25, -0.2) is 0 Å². The monoisotopic (exact) mass is 386 g/mol. The van der Waals surface area contributed by atoms with Crippen molar-refractivity contribution < 1.29 is 22.1 Å². The van der Waals surface area contributed by atoms with Crippen LogP contribution in [-0.4, -0.2) is 58.3 Å². The molecule has 7 nitrogen and oxygen atoms in total. The second kappa shape index (κ2) is 9.78. The Hall–Kier alpha value is -1.80. The lowest BCUT2D eigenvalue weighted by Crippen LogP contribution is -2.38. The minimum atomic E-state index is -3.69. The van der Waals surface area contributed by atoms with E-state index in [0.29, 0.717) is 5.56 Å². The van der Waals surface area contributed by atoms with Crippen LogP contribution in [0.3, 0.4) is 0 Å². The fraction of sp³-hybridized carbons (Fsp3) is 0.611. The summed E-state index contributed by atoms with van der Waals surface area (Å²) in [5.74, 6) is 0.0772. The van der Waals surface area contributed by atoms with E-state index in [1.54, 1.807) is 11.0 Å². The van der Waals surface area contributed by atoms with E-state index in [1.165, 1.54) is 7.11 Å². The normalized spacial score (nSPS) is 11.5. The number of hydrogen-bond acceptors (Lipinski definition) is 6. The van der Waals surface area contributed by atoms with E-state index >= 15 is 0 Å². The van der Waals surface area contributed by atoms with Crippen LogP contribution in [-0.2, 0) is 26.2 Å². The van der Waals surface area contributed by atoms with Crippen LogP contribution in [0.25, 0.3) is 0 Å². The van der Waals surface area contributed by atoms with Crippen molar-refractivity contribution in [2.45, 2.75) is 40.3 Å². The quantitative estimate of drug-likeness (QED) is 0.574. The van der Waals surface area contributed by atoms with Gasteiger partial charge in [0.2, 0.25) is 5.91 Å². The van der Waals surface area contributed by atoms with Crippen LogP contribution in [0.1, 0.15) is 33.3 Å². The molecule has 0 heterocycles. The molecule has 1 rings (SSSR count). The molecule has 0 spiro atoms. The van der Waals surface area contributed by atoms with Crippen molar-refractivity contribution in [2.24, 2.45) is 0 Å². The van der Waals surface area contributed by atoms with Gasteiger partial charge in [-0.3, -0.25) is 4.79 Å². The zero-order chi connectivity index (χ0) is 19.9. The molecule has 0 aliphatic carbocycles. The van der Waals surface area contributed by atoms with Crippen LogP contribution >= 0.6 is 0 Å². The maximum Gasteiger partial charge on any atom is 0.306 e. The van der Waals surface area contributed by atoms with Crippen molar-refractivity contribution in [2.75, 3.05) is 38.0 Å². The largest absolute Gasteiger partial charge is 0.382 e. The second-order valence-corrected chi connectivity index (χ2v) is 7.88. The lowest BCUT2D eigenvalue weighted by atomic mass is 10.1. The highest BCUT2D eigenvalue weighted by atomic mass is 32.2. The Morgan fingerprint density at radius 1 is 1.19 bits per heavy atom. The van der Waals surface area contributed by atoms with Gasteiger partial charge in [0.25, 0.3) is 0 Å². The first-order valence-electron chi connectivity index (χ1n) is 8.68. The lowest BCUT2D eigenvalue weighted by molar-refractivity contribution is -0.137. The molecule has 1 amide bonds. The predicted molar refractivity (Wildman–Crippen MR) is 103 cm³/mol. The highest BCUT2D eigenvalue weighted by molar-refractivity contribution is 7.86. The number of carbonyl (C=O) groups excluding carboxylic acids is 1. The number of benzene rings is 1. The van der Waals surface area contributed by atoms with Crippen molar-refractivity contribution in [3.8, 4) is 5.75 Å². The molecule has 0 aromatic heterocycles. The number of amides is 1. The fourth-order valence-corrected chi connectivity index (χ4v) is 3.13. The second-order valence-electron chi connectivity index (χ2n) is 6.30. The van der Waals surface area contributed by atoms with Crippen LogP contribution in [0.2, 0.25) is 0 Å². The number of nitrogens with zero attached hydrogens (tertiary/aromatic N) is 2. The van der Waals surface area contributed by atoms with E-state index in [2.05, 4.69) is 4.90 Å². The Kier molecular flexibility index (Phi) is 8.36. The Balaban J connectivity index is 3.28. The average molecular weight is 387 g/mol. The smallest absolute Gasteiger partial charge is 0.306 e. The number of anilines is 1. The molecule has 0 aliphatic rings. The van der Waals surface area contributed by atoms with Crippen LogP contribution < -0.4 is 9.08 Å². The van der Waals surface area contributed by atoms with Crippen molar-refractivity contribution >= 4 is 21.7 Å². The molecule has 148 valence electrons. The zero-order valence-corrected chi connectivity index (χ0v) is 17.3. The minimum Gasteiger partial charge on any atom is -0.382 e. The number of methoxy groups -OCH3 is 1. The molecule has 26 heavy (non-hydrogen) atoms. The molecule has 1 aromatic carbocycles. The van der Waals surface area contributed by atoms with E-state index in [-0.39, 0.29) is 30.9 Å². The number of rotatable bonds is 10. The van der Waals surface area contributed by atoms with Gasteiger partial charge < -0.3 is 18.7 Å². The van der Waals surface area contributed by atoms with Crippen LogP contribution in [0.4, 0.5) is 5.69 Å². The van der Waals surface area contributed by atoms with E-state index in [0.717, 1.165) is 25.0 Å². The summed E-state index contributed by atoms with van der Waals surface area (Å²) in [4.78, 5) is 16.0. The van der Waals surface area contributed by atoms with Gasteiger partial charge in [0.05, 0.1) is 6.26 Å². The number of carbonyl (C=O) groups is 1. The van der Waals surface area contributed by atoms with Gasteiger partial charge in [-0.05, 0) is 33.8 Å². The summed E-state index contributed by atoms with van der Waals surface area (Å²) in [6.45, 7) is 9.64. The predicted octanol–water partition coefficient (Wildman–Crippen LogP) is 2.25. The average Bonchev–Trinajstić information content (AvgIpc) is 2.53. The van der Waals surface area contributed by atoms with E-state index in [4.69, 9.17) is 8.92 Å². The number of ether oxygens (including phenoxy) is 1. The van der Waals surface area contributed by atoms with Gasteiger partial charge in [0, 0.05) is 50.1 Å². The van der Waals surface area contributed by atoms with E-state index in [1.807, 2.05) is 39.8 Å².